The summed E-state index contributed by atoms with van der Waals surface area (Å²) < 4.78 is 0. The van der Waals surface area contributed by atoms with E-state index in [-0.39, 0.29) is 5.91 Å². The van der Waals surface area contributed by atoms with Crippen LogP contribution in [0.2, 0.25) is 0 Å². The van der Waals surface area contributed by atoms with Crippen molar-refractivity contribution in [3.05, 3.63) is 51.5 Å². The number of aromatic nitrogens is 1. The summed E-state index contributed by atoms with van der Waals surface area (Å²) in [5.41, 5.74) is 0.728. The van der Waals surface area contributed by atoms with Crippen molar-refractivity contribution < 1.29 is 9.90 Å². The number of amides is 1. The zero-order chi connectivity index (χ0) is 15.7. The second kappa shape index (κ2) is 5.82. The number of aryl methyl sites for hydroxylation is 2. The lowest BCUT2D eigenvalue weighted by Gasteiger charge is -2.23. The van der Waals surface area contributed by atoms with Crippen LogP contribution in [0.1, 0.15) is 39.3 Å². The molecule has 2 aromatic rings. The Labute approximate surface area is 134 Å². The van der Waals surface area contributed by atoms with E-state index in [1.165, 1.54) is 11.3 Å². The number of rotatable bonds is 3. The first kappa shape index (κ1) is 15.2. The quantitative estimate of drug-likeness (QED) is 0.947. The van der Waals surface area contributed by atoms with Gasteiger partial charge in [0.1, 0.15) is 10.5 Å². The monoisotopic (exact) mass is 316 g/mol. The van der Waals surface area contributed by atoms with Gasteiger partial charge in [0, 0.05) is 6.54 Å². The number of hydrogen-bond acceptors (Lipinski definition) is 4. The molecule has 0 radical (unpaired) electrons. The lowest BCUT2D eigenvalue weighted by molar-refractivity contribution is 0.0418. The summed E-state index contributed by atoms with van der Waals surface area (Å²) in [6, 6.07) is 9.59. The first-order chi connectivity index (χ1) is 10.5. The van der Waals surface area contributed by atoms with Gasteiger partial charge in [-0.05, 0) is 25.3 Å². The minimum Gasteiger partial charge on any atom is -0.383 e. The second-order valence-corrected chi connectivity index (χ2v) is 6.83. The molecule has 116 valence electrons. The van der Waals surface area contributed by atoms with Crippen LogP contribution in [0.3, 0.4) is 0 Å². The third-order valence-electron chi connectivity index (χ3n) is 4.18. The second-order valence-electron chi connectivity index (χ2n) is 5.75. The maximum atomic E-state index is 12.7. The average molecular weight is 316 g/mol. The van der Waals surface area contributed by atoms with E-state index in [9.17, 15) is 9.90 Å². The molecular weight excluding hydrogens is 296 g/mol. The van der Waals surface area contributed by atoms with E-state index in [4.69, 9.17) is 0 Å². The molecule has 22 heavy (non-hydrogen) atoms. The Balaban J connectivity index is 1.80. The van der Waals surface area contributed by atoms with Gasteiger partial charge in [-0.2, -0.15) is 0 Å². The van der Waals surface area contributed by atoms with Crippen LogP contribution in [0.25, 0.3) is 0 Å². The van der Waals surface area contributed by atoms with Crippen molar-refractivity contribution in [2.45, 2.75) is 32.3 Å². The Morgan fingerprint density at radius 3 is 2.77 bits per heavy atom. The van der Waals surface area contributed by atoms with Gasteiger partial charge >= 0.3 is 0 Å². The fourth-order valence-electron chi connectivity index (χ4n) is 2.90. The molecule has 1 amide bonds. The van der Waals surface area contributed by atoms with Gasteiger partial charge in [0.2, 0.25) is 0 Å². The fraction of sp³-hybridized carbons (Fsp3) is 0.412. The molecule has 1 aliphatic rings. The van der Waals surface area contributed by atoms with Crippen molar-refractivity contribution in [2.75, 3.05) is 13.1 Å². The fourth-order valence-corrected chi connectivity index (χ4v) is 3.87. The van der Waals surface area contributed by atoms with Crippen LogP contribution in [0.4, 0.5) is 0 Å². The van der Waals surface area contributed by atoms with Crippen molar-refractivity contribution in [1.29, 1.82) is 0 Å². The highest BCUT2D eigenvalue weighted by Crippen LogP contribution is 2.33. The summed E-state index contributed by atoms with van der Waals surface area (Å²) >= 11 is 1.47. The number of likely N-dealkylation sites (tertiary alicyclic amines) is 1. The number of carbonyl (C=O) groups is 1. The number of hydrogen-bond donors (Lipinski definition) is 1. The molecule has 0 bridgehead atoms. The van der Waals surface area contributed by atoms with Crippen molar-refractivity contribution in [3.8, 4) is 0 Å². The first-order valence-corrected chi connectivity index (χ1v) is 8.38. The van der Waals surface area contributed by atoms with Gasteiger partial charge in [-0.3, -0.25) is 4.79 Å². The average Bonchev–Trinajstić information content (AvgIpc) is 3.12. The Morgan fingerprint density at radius 2 is 2.14 bits per heavy atom. The van der Waals surface area contributed by atoms with E-state index in [1.807, 2.05) is 44.2 Å². The van der Waals surface area contributed by atoms with Crippen LogP contribution in [0.15, 0.2) is 30.3 Å². The van der Waals surface area contributed by atoms with E-state index < -0.39 is 5.60 Å². The molecule has 1 atom stereocenters. The lowest BCUT2D eigenvalue weighted by Crippen LogP contribution is -2.34. The molecule has 1 aromatic heterocycles. The zero-order valence-electron chi connectivity index (χ0n) is 12.9. The maximum Gasteiger partial charge on any atom is 0.265 e. The predicted molar refractivity (Wildman–Crippen MR) is 87.1 cm³/mol. The number of aliphatic hydroxyl groups is 1. The number of thiazole rings is 1. The van der Waals surface area contributed by atoms with Gasteiger partial charge in [-0.15, -0.1) is 11.3 Å². The number of nitrogens with zero attached hydrogens (tertiary/aromatic N) is 2. The maximum absolute atomic E-state index is 12.7. The van der Waals surface area contributed by atoms with E-state index in [2.05, 4.69) is 4.98 Å². The molecule has 1 N–H and O–H groups in total. The van der Waals surface area contributed by atoms with E-state index >= 15 is 0 Å². The summed E-state index contributed by atoms with van der Waals surface area (Å²) in [6.07, 6.45) is 1.41. The van der Waals surface area contributed by atoms with Gasteiger partial charge in [0.25, 0.3) is 5.91 Å². The molecule has 0 aliphatic carbocycles. The van der Waals surface area contributed by atoms with E-state index in [0.717, 1.165) is 22.7 Å². The number of carbonyl (C=O) groups excluding carboxylic acids is 1. The van der Waals surface area contributed by atoms with E-state index in [0.29, 0.717) is 24.4 Å². The van der Waals surface area contributed by atoms with Crippen LogP contribution < -0.4 is 0 Å². The third kappa shape index (κ3) is 2.66. The van der Waals surface area contributed by atoms with Crippen LogP contribution in [0, 0.1) is 6.92 Å². The summed E-state index contributed by atoms with van der Waals surface area (Å²) in [7, 11) is 0. The first-order valence-electron chi connectivity index (χ1n) is 7.57. The van der Waals surface area contributed by atoms with Crippen LogP contribution in [-0.4, -0.2) is 34.0 Å². The Kier molecular flexibility index (Phi) is 4.02. The highest BCUT2D eigenvalue weighted by Gasteiger charge is 2.40. The zero-order valence-corrected chi connectivity index (χ0v) is 13.7. The van der Waals surface area contributed by atoms with Crippen molar-refractivity contribution in [1.82, 2.24) is 9.88 Å². The normalized spacial score (nSPS) is 21.3. The van der Waals surface area contributed by atoms with Crippen LogP contribution >= 0.6 is 11.3 Å². The molecule has 1 fully saturated rings. The standard InChI is InChI=1S/C17H20N2O2S/c1-3-14-18-12(2)15(22-14)16(20)19-10-9-17(21,11-19)13-7-5-4-6-8-13/h4-8,21H,3,9-11H2,1-2H3/t17-/m0/s1. The molecule has 4 nitrogen and oxygen atoms in total. The Hall–Kier alpha value is -1.72. The molecule has 1 aromatic carbocycles. The highest BCUT2D eigenvalue weighted by molar-refractivity contribution is 7.13. The minimum atomic E-state index is -0.941. The van der Waals surface area contributed by atoms with Gasteiger partial charge in [0.05, 0.1) is 17.2 Å². The van der Waals surface area contributed by atoms with Crippen molar-refractivity contribution in [2.24, 2.45) is 0 Å². The van der Waals surface area contributed by atoms with Crippen LogP contribution in [-0.2, 0) is 12.0 Å². The molecular formula is C17H20N2O2S. The topological polar surface area (TPSA) is 53.4 Å². The SMILES string of the molecule is CCc1nc(C)c(C(=O)N2CC[C@@](O)(c3ccccc3)C2)s1. The Bertz CT molecular complexity index is 683. The molecule has 1 saturated heterocycles. The van der Waals surface area contributed by atoms with E-state index in [1.54, 1.807) is 4.90 Å². The van der Waals surface area contributed by atoms with Crippen molar-refractivity contribution >= 4 is 17.2 Å². The molecule has 0 unspecified atom stereocenters. The lowest BCUT2D eigenvalue weighted by atomic mass is 9.93. The summed E-state index contributed by atoms with van der Waals surface area (Å²) in [5, 5.41) is 11.8. The third-order valence-corrected chi connectivity index (χ3v) is 5.47. The summed E-state index contributed by atoms with van der Waals surface area (Å²) in [5.74, 6) is -0.0124. The van der Waals surface area contributed by atoms with Crippen LogP contribution in [0.5, 0.6) is 0 Å². The minimum absolute atomic E-state index is 0.0124. The molecule has 5 heteroatoms. The summed E-state index contributed by atoms with van der Waals surface area (Å²) in [6.45, 7) is 4.83. The number of β-amino-alcohol motifs (C(OH)–C–C–N with tert-alkyl or cyclic N) is 1. The van der Waals surface area contributed by atoms with Gasteiger partial charge in [-0.25, -0.2) is 4.98 Å². The number of benzene rings is 1. The summed E-state index contributed by atoms with van der Waals surface area (Å²) in [4.78, 5) is 19.6. The van der Waals surface area contributed by atoms with Gasteiger partial charge in [0.15, 0.2) is 0 Å². The van der Waals surface area contributed by atoms with Crippen molar-refractivity contribution in [3.63, 3.8) is 0 Å². The van der Waals surface area contributed by atoms with Gasteiger partial charge in [-0.1, -0.05) is 37.3 Å². The smallest absolute Gasteiger partial charge is 0.265 e. The van der Waals surface area contributed by atoms with Gasteiger partial charge < -0.3 is 10.0 Å². The largest absolute Gasteiger partial charge is 0.383 e. The molecule has 1 aliphatic heterocycles. The molecule has 3 rings (SSSR count). The highest BCUT2D eigenvalue weighted by atomic mass is 32.1. The predicted octanol–water partition coefficient (Wildman–Crippen LogP) is 2.75. The molecule has 0 saturated carbocycles. The molecule has 0 spiro atoms. The molecule has 2 heterocycles. The Morgan fingerprint density at radius 1 is 1.41 bits per heavy atom.